The van der Waals surface area contributed by atoms with Gasteiger partial charge in [0.15, 0.2) is 6.20 Å². The molecule has 0 N–H and O–H groups in total. The Morgan fingerprint density at radius 2 is 1.45 bits per heavy atom. The van der Waals surface area contributed by atoms with E-state index in [0.717, 1.165) is 11.8 Å². The maximum atomic E-state index is 5.03. The van der Waals surface area contributed by atoms with E-state index in [1.165, 1.54) is 113 Å². The molecule has 2 aliphatic rings. The zero-order valence-electron chi connectivity index (χ0n) is 21.6. The van der Waals surface area contributed by atoms with Gasteiger partial charge in [-0.25, -0.2) is 4.68 Å². The molecule has 2 atom stereocenters. The molecule has 3 heteroatoms. The van der Waals surface area contributed by atoms with Crippen LogP contribution in [-0.4, -0.2) is 10.9 Å². The molecule has 2 unspecified atom stereocenters. The first-order valence-electron chi connectivity index (χ1n) is 14.1. The minimum Gasteiger partial charge on any atom is -0.234 e. The van der Waals surface area contributed by atoms with Gasteiger partial charge in [-0.2, -0.15) is 9.67 Å². The molecule has 0 aromatic carbocycles. The summed E-state index contributed by atoms with van der Waals surface area (Å²) >= 11 is 0. The van der Waals surface area contributed by atoms with E-state index in [1.807, 2.05) is 0 Å². The quantitative estimate of drug-likeness (QED) is 0.332. The molecule has 2 heterocycles. The van der Waals surface area contributed by atoms with Crippen LogP contribution in [0.5, 0.6) is 0 Å². The first-order chi connectivity index (χ1) is 16.1. The maximum absolute atomic E-state index is 5.03. The van der Waals surface area contributed by atoms with Gasteiger partial charge in [-0.15, -0.1) is 0 Å². The highest BCUT2D eigenvalue weighted by atomic mass is 15.3. The Labute approximate surface area is 202 Å². The van der Waals surface area contributed by atoms with Gasteiger partial charge in [0.2, 0.25) is 5.52 Å². The number of hydrogen-bond acceptors (Lipinski definition) is 1. The van der Waals surface area contributed by atoms with E-state index in [9.17, 15) is 0 Å². The number of fused-ring (bicyclic) bond motifs is 1. The van der Waals surface area contributed by atoms with Gasteiger partial charge < -0.3 is 0 Å². The van der Waals surface area contributed by atoms with Crippen molar-refractivity contribution in [2.75, 3.05) is 0 Å². The van der Waals surface area contributed by atoms with Crippen LogP contribution in [0.15, 0.2) is 29.6 Å². The van der Waals surface area contributed by atoms with Gasteiger partial charge in [0, 0.05) is 24.0 Å². The van der Waals surface area contributed by atoms with Crippen LogP contribution in [-0.2, 0) is 7.05 Å². The highest BCUT2D eigenvalue weighted by Gasteiger charge is 2.21. The highest BCUT2D eigenvalue weighted by molar-refractivity contribution is 5.74. The van der Waals surface area contributed by atoms with E-state index in [1.54, 1.807) is 0 Å². The lowest BCUT2D eigenvalue weighted by atomic mass is 9.88. The fraction of sp³-hybridized carbons (Fsp3) is 0.733. The molecule has 0 bridgehead atoms. The second-order valence-corrected chi connectivity index (χ2v) is 11.5. The smallest absolute Gasteiger partial charge is 0.232 e. The summed E-state index contributed by atoms with van der Waals surface area (Å²) in [6.07, 6.45) is 27.4. The van der Waals surface area contributed by atoms with Crippen LogP contribution in [0.25, 0.3) is 11.0 Å². The van der Waals surface area contributed by atoms with E-state index in [0.29, 0.717) is 11.8 Å². The van der Waals surface area contributed by atoms with Crippen molar-refractivity contribution in [3.8, 4) is 0 Å². The van der Waals surface area contributed by atoms with Crippen LogP contribution in [0.1, 0.15) is 122 Å². The predicted molar refractivity (Wildman–Crippen MR) is 141 cm³/mol. The summed E-state index contributed by atoms with van der Waals surface area (Å²) < 4.78 is 4.48. The summed E-state index contributed by atoms with van der Waals surface area (Å²) in [5.74, 6) is 3.11. The summed E-state index contributed by atoms with van der Waals surface area (Å²) in [6.45, 7) is 4.88. The summed E-state index contributed by atoms with van der Waals surface area (Å²) in [6, 6.07) is 4.69. The van der Waals surface area contributed by atoms with E-state index in [4.69, 9.17) is 5.10 Å². The lowest BCUT2D eigenvalue weighted by Gasteiger charge is -2.18. The molecule has 182 valence electrons. The zero-order valence-corrected chi connectivity index (χ0v) is 21.6. The maximum Gasteiger partial charge on any atom is 0.232 e. The first kappa shape index (κ1) is 24.5. The zero-order chi connectivity index (χ0) is 23.0. The predicted octanol–water partition coefficient (Wildman–Crippen LogP) is 8.15. The fourth-order valence-electron chi connectivity index (χ4n) is 6.25. The van der Waals surface area contributed by atoms with Gasteiger partial charge in [0.25, 0.3) is 0 Å². The van der Waals surface area contributed by atoms with E-state index in [2.05, 4.69) is 60.9 Å². The third kappa shape index (κ3) is 6.93. The molecule has 3 nitrogen and oxygen atoms in total. The minimum atomic E-state index is 0.628. The molecule has 0 aliphatic heterocycles. The molecule has 2 aromatic heterocycles. The standard InChI is InChI=1S/C30H48N3/c1-24-12-7-9-14-26(15-10-8-13-24)22-31-33-20-19-29-30(33)21-28(23-32(29)3)27-16-6-4-5-11-25(2)17-18-27/h19-27H,4-18H2,1-3H3/q+1. The SMILES string of the molecule is CC1CCCCC(C=Nn2ccc3c2cc(C2CCCCCC(C)CC2)c[n+]3C)CCCC1. The second kappa shape index (κ2) is 12.2. The average molecular weight is 451 g/mol. The molecular formula is C30H48N3+. The van der Waals surface area contributed by atoms with Crippen LogP contribution in [0.3, 0.4) is 0 Å². The average Bonchev–Trinajstić information content (AvgIpc) is 3.25. The van der Waals surface area contributed by atoms with Gasteiger partial charge in [-0.05, 0) is 55.4 Å². The third-order valence-electron chi connectivity index (χ3n) is 8.58. The molecule has 2 saturated carbocycles. The monoisotopic (exact) mass is 450 g/mol. The van der Waals surface area contributed by atoms with Crippen LogP contribution in [0, 0.1) is 17.8 Å². The van der Waals surface area contributed by atoms with Gasteiger partial charge in [0.05, 0.1) is 0 Å². The van der Waals surface area contributed by atoms with Crippen molar-refractivity contribution in [3.63, 3.8) is 0 Å². The number of aryl methyl sites for hydroxylation is 1. The Hall–Kier alpha value is -1.64. The summed E-state index contributed by atoms with van der Waals surface area (Å²) in [7, 11) is 2.21. The van der Waals surface area contributed by atoms with Gasteiger partial charge in [-0.3, -0.25) is 0 Å². The molecule has 0 amide bonds. The van der Waals surface area contributed by atoms with E-state index >= 15 is 0 Å². The largest absolute Gasteiger partial charge is 0.234 e. The highest BCUT2D eigenvalue weighted by Crippen LogP contribution is 2.33. The summed E-state index contributed by atoms with van der Waals surface area (Å²) in [5.41, 5.74) is 4.07. The molecule has 2 fully saturated rings. The van der Waals surface area contributed by atoms with E-state index < -0.39 is 0 Å². The van der Waals surface area contributed by atoms with Gasteiger partial charge >= 0.3 is 0 Å². The number of rotatable bonds is 3. The normalized spacial score (nSPS) is 28.9. The molecule has 33 heavy (non-hydrogen) atoms. The number of pyridine rings is 1. The van der Waals surface area contributed by atoms with Crippen LogP contribution < -0.4 is 4.57 Å². The number of aromatic nitrogens is 2. The van der Waals surface area contributed by atoms with Gasteiger partial charge in [0.1, 0.15) is 12.6 Å². The lowest BCUT2D eigenvalue weighted by molar-refractivity contribution is -0.645. The van der Waals surface area contributed by atoms with Crippen LogP contribution in [0.2, 0.25) is 0 Å². The van der Waals surface area contributed by atoms with Crippen LogP contribution in [0.4, 0.5) is 0 Å². The molecule has 0 saturated heterocycles. The second-order valence-electron chi connectivity index (χ2n) is 11.5. The topological polar surface area (TPSA) is 21.2 Å². The van der Waals surface area contributed by atoms with Crippen molar-refractivity contribution in [1.82, 2.24) is 4.68 Å². The Balaban J connectivity index is 1.51. The van der Waals surface area contributed by atoms with Crippen molar-refractivity contribution in [1.29, 1.82) is 0 Å². The van der Waals surface area contributed by atoms with Crippen LogP contribution >= 0.6 is 0 Å². The molecule has 0 spiro atoms. The minimum absolute atomic E-state index is 0.628. The molecule has 2 aliphatic carbocycles. The Morgan fingerprint density at radius 1 is 0.818 bits per heavy atom. The number of hydrogen-bond donors (Lipinski definition) is 0. The molecule has 0 radical (unpaired) electrons. The Bertz CT molecular complexity index is 883. The summed E-state index contributed by atoms with van der Waals surface area (Å²) in [5, 5.41) is 5.03. The third-order valence-corrected chi connectivity index (χ3v) is 8.58. The first-order valence-corrected chi connectivity index (χ1v) is 14.1. The summed E-state index contributed by atoms with van der Waals surface area (Å²) in [4.78, 5) is 0. The van der Waals surface area contributed by atoms with Crippen molar-refractivity contribution >= 4 is 17.2 Å². The molecule has 4 rings (SSSR count). The van der Waals surface area contributed by atoms with Crippen molar-refractivity contribution < 1.29 is 4.57 Å². The Morgan fingerprint density at radius 3 is 2.21 bits per heavy atom. The van der Waals surface area contributed by atoms with E-state index in [-0.39, 0.29) is 0 Å². The Kier molecular flexibility index (Phi) is 9.03. The van der Waals surface area contributed by atoms with Crippen molar-refractivity contribution in [2.45, 2.75) is 116 Å². The van der Waals surface area contributed by atoms with Crippen molar-refractivity contribution in [3.05, 3.63) is 30.1 Å². The van der Waals surface area contributed by atoms with Crippen molar-refractivity contribution in [2.24, 2.45) is 29.9 Å². The van der Waals surface area contributed by atoms with Gasteiger partial charge in [-0.1, -0.05) is 84.5 Å². The molecular weight excluding hydrogens is 402 g/mol. The molecule has 2 aromatic rings. The fourth-order valence-corrected chi connectivity index (χ4v) is 6.25. The lowest BCUT2D eigenvalue weighted by Crippen LogP contribution is -2.29. The number of nitrogens with zero attached hydrogens (tertiary/aromatic N) is 3.